The van der Waals surface area contributed by atoms with Crippen molar-refractivity contribution in [1.82, 2.24) is 29.4 Å². The Morgan fingerprint density at radius 2 is 2.21 bits per heavy atom. The first-order valence-electron chi connectivity index (χ1n) is 6.26. The van der Waals surface area contributed by atoms with Gasteiger partial charge in [0.2, 0.25) is 5.65 Å². The van der Waals surface area contributed by atoms with Gasteiger partial charge in [-0.2, -0.15) is 5.10 Å². The second kappa shape index (κ2) is 3.78. The maximum Gasteiger partial charge on any atom is 0.203 e. The number of nitrogens with zero attached hydrogens (tertiary/aromatic N) is 6. The van der Waals surface area contributed by atoms with E-state index < -0.39 is 0 Å². The summed E-state index contributed by atoms with van der Waals surface area (Å²) in [6.07, 6.45) is 11.3. The van der Waals surface area contributed by atoms with Crippen LogP contribution in [-0.2, 0) is 5.54 Å². The molecule has 7 heteroatoms. The Kier molecular flexibility index (Phi) is 2.08. The van der Waals surface area contributed by atoms with Crippen LogP contribution in [0.1, 0.15) is 12.8 Å². The lowest BCUT2D eigenvalue weighted by Crippen LogP contribution is -2.27. The number of aromatic nitrogens is 6. The minimum absolute atomic E-state index is 0.0953. The van der Waals surface area contributed by atoms with Gasteiger partial charge in [-0.25, -0.2) is 4.98 Å². The molecule has 0 unspecified atom stereocenters. The maximum absolute atomic E-state index is 4.34. The molecule has 4 rings (SSSR count). The lowest BCUT2D eigenvalue weighted by molar-refractivity contribution is 0.453. The molecule has 19 heavy (non-hydrogen) atoms. The number of anilines is 1. The van der Waals surface area contributed by atoms with Crippen molar-refractivity contribution in [2.24, 2.45) is 0 Å². The second-order valence-electron chi connectivity index (χ2n) is 4.87. The van der Waals surface area contributed by atoms with Gasteiger partial charge in [0.15, 0.2) is 5.82 Å². The van der Waals surface area contributed by atoms with Crippen LogP contribution < -0.4 is 5.32 Å². The zero-order valence-corrected chi connectivity index (χ0v) is 10.3. The Hall–Kier alpha value is -2.44. The predicted octanol–water partition coefficient (Wildman–Crippen LogP) is 0.922. The van der Waals surface area contributed by atoms with E-state index in [1.165, 1.54) is 0 Å². The first-order chi connectivity index (χ1) is 9.37. The first-order valence-corrected chi connectivity index (χ1v) is 6.26. The van der Waals surface area contributed by atoms with Gasteiger partial charge in [-0.3, -0.25) is 9.08 Å². The quantitative estimate of drug-likeness (QED) is 0.750. The number of hydrogen-bond acceptors (Lipinski definition) is 5. The van der Waals surface area contributed by atoms with Crippen molar-refractivity contribution >= 4 is 11.5 Å². The van der Waals surface area contributed by atoms with Gasteiger partial charge in [-0.1, -0.05) is 0 Å². The van der Waals surface area contributed by atoms with E-state index in [1.54, 1.807) is 12.5 Å². The highest BCUT2D eigenvalue weighted by molar-refractivity contribution is 5.61. The molecule has 3 aromatic rings. The maximum atomic E-state index is 4.34. The van der Waals surface area contributed by atoms with Crippen molar-refractivity contribution in [3.63, 3.8) is 0 Å². The lowest BCUT2D eigenvalue weighted by Gasteiger charge is -2.17. The summed E-state index contributed by atoms with van der Waals surface area (Å²) in [5.74, 6) is 0.762. The normalized spacial score (nSPS) is 16.6. The average Bonchev–Trinajstić information content (AvgIpc) is 2.88. The molecule has 0 aromatic carbocycles. The third kappa shape index (κ3) is 1.66. The smallest absolute Gasteiger partial charge is 0.203 e. The summed E-state index contributed by atoms with van der Waals surface area (Å²) >= 11 is 0. The minimum atomic E-state index is 0.0953. The number of hydrogen-bond donors (Lipinski definition) is 1. The van der Waals surface area contributed by atoms with Crippen LogP contribution in [0.4, 0.5) is 5.82 Å². The number of nitrogens with one attached hydrogen (secondary N) is 1. The molecule has 0 atom stereocenters. The Labute approximate surface area is 109 Å². The monoisotopic (exact) mass is 255 g/mol. The molecular weight excluding hydrogens is 242 g/mol. The van der Waals surface area contributed by atoms with Gasteiger partial charge in [-0.15, -0.1) is 10.2 Å². The van der Waals surface area contributed by atoms with E-state index in [4.69, 9.17) is 0 Å². The topological polar surface area (TPSA) is 72.9 Å². The highest BCUT2D eigenvalue weighted by Gasteiger charge is 2.45. The van der Waals surface area contributed by atoms with Crippen molar-refractivity contribution in [3.05, 3.63) is 37.2 Å². The molecule has 0 saturated heterocycles. The van der Waals surface area contributed by atoms with Gasteiger partial charge in [-0.05, 0) is 18.9 Å². The molecule has 3 heterocycles. The summed E-state index contributed by atoms with van der Waals surface area (Å²) < 4.78 is 3.88. The minimum Gasteiger partial charge on any atom is -0.364 e. The third-order valence-corrected chi connectivity index (χ3v) is 3.62. The summed E-state index contributed by atoms with van der Waals surface area (Å²) in [4.78, 5) is 4.33. The molecule has 0 bridgehead atoms. The Bertz CT molecular complexity index is 696. The van der Waals surface area contributed by atoms with E-state index in [0.717, 1.165) is 30.9 Å². The first kappa shape index (κ1) is 10.5. The van der Waals surface area contributed by atoms with Crippen LogP contribution in [0.5, 0.6) is 0 Å². The van der Waals surface area contributed by atoms with Crippen molar-refractivity contribution in [3.8, 4) is 0 Å². The van der Waals surface area contributed by atoms with Crippen LogP contribution >= 0.6 is 0 Å². The van der Waals surface area contributed by atoms with Crippen LogP contribution in [0.3, 0.4) is 0 Å². The Balaban J connectivity index is 1.58. The largest absolute Gasteiger partial charge is 0.364 e. The summed E-state index contributed by atoms with van der Waals surface area (Å²) in [5.41, 5.74) is 0.844. The molecule has 1 saturated carbocycles. The SMILES string of the molecule is c1cnn(C2(CNc3nccn4cnnc34)CC2)c1. The average molecular weight is 255 g/mol. The molecule has 3 aromatic heterocycles. The summed E-state index contributed by atoms with van der Waals surface area (Å²) in [6.45, 7) is 0.800. The highest BCUT2D eigenvalue weighted by atomic mass is 15.3. The van der Waals surface area contributed by atoms with E-state index in [-0.39, 0.29) is 5.54 Å². The molecule has 0 spiro atoms. The third-order valence-electron chi connectivity index (χ3n) is 3.62. The molecule has 0 amide bonds. The van der Waals surface area contributed by atoms with Crippen molar-refractivity contribution in [2.45, 2.75) is 18.4 Å². The molecule has 1 N–H and O–H groups in total. The molecule has 0 aliphatic heterocycles. The zero-order chi connectivity index (χ0) is 12.7. The summed E-state index contributed by atoms with van der Waals surface area (Å²) in [5, 5.41) is 15.7. The molecule has 96 valence electrons. The molecule has 1 aliphatic rings. The van der Waals surface area contributed by atoms with Crippen molar-refractivity contribution in [1.29, 1.82) is 0 Å². The van der Waals surface area contributed by atoms with E-state index in [2.05, 4.69) is 25.6 Å². The number of fused-ring (bicyclic) bond motifs is 1. The van der Waals surface area contributed by atoms with E-state index >= 15 is 0 Å². The number of rotatable bonds is 4. The Morgan fingerprint density at radius 3 is 3.00 bits per heavy atom. The lowest BCUT2D eigenvalue weighted by atomic mass is 10.3. The van der Waals surface area contributed by atoms with Gasteiger partial charge in [0.25, 0.3) is 0 Å². The van der Waals surface area contributed by atoms with E-state index in [0.29, 0.717) is 0 Å². The van der Waals surface area contributed by atoms with Crippen LogP contribution in [0.15, 0.2) is 37.2 Å². The molecule has 1 aliphatic carbocycles. The zero-order valence-electron chi connectivity index (χ0n) is 10.3. The van der Waals surface area contributed by atoms with Gasteiger partial charge >= 0.3 is 0 Å². The van der Waals surface area contributed by atoms with Crippen molar-refractivity contribution in [2.75, 3.05) is 11.9 Å². The molecular formula is C12H13N7. The Morgan fingerprint density at radius 1 is 1.26 bits per heavy atom. The molecule has 0 radical (unpaired) electrons. The van der Waals surface area contributed by atoms with Crippen LogP contribution in [-0.4, -0.2) is 35.9 Å². The fourth-order valence-corrected chi connectivity index (χ4v) is 2.31. The highest BCUT2D eigenvalue weighted by Crippen LogP contribution is 2.42. The fraction of sp³-hybridized carbons (Fsp3) is 0.333. The second-order valence-corrected chi connectivity index (χ2v) is 4.87. The van der Waals surface area contributed by atoms with E-state index in [1.807, 2.05) is 33.7 Å². The van der Waals surface area contributed by atoms with Crippen LogP contribution in [0.2, 0.25) is 0 Å². The van der Waals surface area contributed by atoms with Crippen LogP contribution in [0.25, 0.3) is 5.65 Å². The standard InChI is InChI=1S/C12H13N7/c1-4-16-19(6-1)12(2-3-12)8-14-10-11-17-15-9-18(11)7-5-13-10/h1,4-7,9H,2-3,8H2,(H,13,14). The molecule has 7 nitrogen and oxygen atoms in total. The van der Waals surface area contributed by atoms with Crippen molar-refractivity contribution < 1.29 is 0 Å². The predicted molar refractivity (Wildman–Crippen MR) is 68.7 cm³/mol. The summed E-state index contributed by atoms with van der Waals surface area (Å²) in [7, 11) is 0. The van der Waals surface area contributed by atoms with E-state index in [9.17, 15) is 0 Å². The fourth-order valence-electron chi connectivity index (χ4n) is 2.31. The molecule has 1 fully saturated rings. The van der Waals surface area contributed by atoms with Crippen LogP contribution in [0, 0.1) is 0 Å². The van der Waals surface area contributed by atoms with Gasteiger partial charge < -0.3 is 5.32 Å². The van der Waals surface area contributed by atoms with Gasteiger partial charge in [0.1, 0.15) is 6.33 Å². The summed E-state index contributed by atoms with van der Waals surface area (Å²) in [6, 6.07) is 1.96. The van der Waals surface area contributed by atoms with Gasteiger partial charge in [0, 0.05) is 31.3 Å². The van der Waals surface area contributed by atoms with Gasteiger partial charge in [0.05, 0.1) is 5.54 Å².